The van der Waals surface area contributed by atoms with Gasteiger partial charge in [-0.05, 0) is 33.6 Å². The molecule has 0 aromatic heterocycles. The summed E-state index contributed by atoms with van der Waals surface area (Å²) in [6.45, 7) is 14.0. The molecule has 4 heterocycles. The maximum Gasteiger partial charge on any atom is 0.338 e. The van der Waals surface area contributed by atoms with Gasteiger partial charge in [0, 0.05) is 52.4 Å². The van der Waals surface area contributed by atoms with E-state index in [-0.39, 0.29) is 37.3 Å². The van der Waals surface area contributed by atoms with Crippen molar-refractivity contribution in [3.63, 3.8) is 0 Å². The second-order valence-electron chi connectivity index (χ2n) is 14.1. The Bertz CT molecular complexity index is 1330. The summed E-state index contributed by atoms with van der Waals surface area (Å²) in [6, 6.07) is 0. The van der Waals surface area contributed by atoms with Gasteiger partial charge in [0.2, 0.25) is 0 Å². The molecule has 0 aromatic carbocycles. The predicted molar refractivity (Wildman–Crippen MR) is 172 cm³/mol. The summed E-state index contributed by atoms with van der Waals surface area (Å²) >= 11 is 0. The molecule has 0 bridgehead atoms. The second kappa shape index (κ2) is 17.2. The maximum absolute atomic E-state index is 12.3. The van der Waals surface area contributed by atoms with Gasteiger partial charge in [0.05, 0.1) is 25.6 Å². The first kappa shape index (κ1) is 41.6. The van der Waals surface area contributed by atoms with Crippen LogP contribution in [-0.2, 0) is 76.2 Å². The van der Waals surface area contributed by atoms with E-state index in [4.69, 9.17) is 42.6 Å². The fraction of sp³-hybridized carbons (Fsp3) is 0.800. The molecule has 0 amide bonds. The zero-order valence-electron chi connectivity index (χ0n) is 31.0. The van der Waals surface area contributed by atoms with Crippen LogP contribution in [0.15, 0.2) is 0 Å². The lowest BCUT2D eigenvalue weighted by atomic mass is 9.79. The highest BCUT2D eigenvalue weighted by Crippen LogP contribution is 2.44. The minimum absolute atomic E-state index is 0.0564. The van der Waals surface area contributed by atoms with Crippen LogP contribution in [0.5, 0.6) is 0 Å². The number of carbonyl (C=O) groups is 7. The molecule has 288 valence electrons. The number of hydrogen-bond acceptors (Lipinski definition) is 16. The Kier molecular flexibility index (Phi) is 14.0. The van der Waals surface area contributed by atoms with E-state index in [2.05, 4.69) is 0 Å². The highest BCUT2D eigenvalue weighted by molar-refractivity contribution is 5.80. The van der Waals surface area contributed by atoms with Gasteiger partial charge in [-0.25, -0.2) is 4.79 Å². The molecule has 0 radical (unpaired) electrons. The minimum Gasteiger partial charge on any atom is -0.467 e. The van der Waals surface area contributed by atoms with E-state index in [9.17, 15) is 33.6 Å². The van der Waals surface area contributed by atoms with Crippen LogP contribution in [0.2, 0.25) is 0 Å². The Labute approximate surface area is 297 Å². The Balaban J connectivity index is 0.000000277. The summed E-state index contributed by atoms with van der Waals surface area (Å²) in [4.78, 5) is 82.1. The smallest absolute Gasteiger partial charge is 0.338 e. The van der Waals surface area contributed by atoms with Gasteiger partial charge >= 0.3 is 41.8 Å². The first-order chi connectivity index (χ1) is 23.7. The van der Waals surface area contributed by atoms with Crippen molar-refractivity contribution in [2.75, 3.05) is 7.11 Å². The van der Waals surface area contributed by atoms with Gasteiger partial charge in [-0.15, -0.1) is 0 Å². The van der Waals surface area contributed by atoms with E-state index in [1.54, 1.807) is 6.92 Å². The standard InChI is InChI=1S/C18H26O9.C17H26O7/c1-6-12(24-9(2)19)16(25-10(3)20)15-11-7-14(21)26-13(11)8-18(4,27-15)17(22)23-5;1-6-12(21-9(2)18)16(22-10(3)19)15-11-7-14(20)23-13(11)8-17(4,5)24-15/h11-13,15-16H,6-8H2,1-5H3;11-13,15-16H,6-8H2,1-5H3/t11-,12-,13-,15?,16-,18-;11-,12-,13-,15?,16-/m11/s1. The predicted octanol–water partition coefficient (Wildman–Crippen LogP) is 2.67. The molecule has 0 N–H and O–H groups in total. The first-order valence-electron chi connectivity index (χ1n) is 17.3. The molecule has 4 aliphatic rings. The van der Waals surface area contributed by atoms with Crippen molar-refractivity contribution in [2.45, 2.75) is 161 Å². The number of fused-ring (bicyclic) bond motifs is 2. The van der Waals surface area contributed by atoms with E-state index in [1.165, 1.54) is 41.7 Å². The van der Waals surface area contributed by atoms with Gasteiger partial charge in [-0.3, -0.25) is 28.8 Å². The topological polar surface area (TPSA) is 203 Å². The summed E-state index contributed by atoms with van der Waals surface area (Å²) in [7, 11) is 1.23. The molecule has 0 aliphatic carbocycles. The molecule has 51 heavy (non-hydrogen) atoms. The van der Waals surface area contributed by atoms with E-state index >= 15 is 0 Å². The van der Waals surface area contributed by atoms with Gasteiger partial charge in [0.1, 0.15) is 36.6 Å². The summed E-state index contributed by atoms with van der Waals surface area (Å²) in [6.07, 6.45) is -3.75. The van der Waals surface area contributed by atoms with E-state index in [0.717, 1.165) is 0 Å². The van der Waals surface area contributed by atoms with Crippen molar-refractivity contribution < 1.29 is 76.2 Å². The van der Waals surface area contributed by atoms with Gasteiger partial charge < -0.3 is 42.6 Å². The van der Waals surface area contributed by atoms with E-state index in [1.807, 2.05) is 20.8 Å². The number of methoxy groups -OCH3 is 1. The fourth-order valence-corrected chi connectivity index (χ4v) is 7.36. The summed E-state index contributed by atoms with van der Waals surface area (Å²) < 4.78 is 49.4. The molecule has 4 fully saturated rings. The molecule has 16 nitrogen and oxygen atoms in total. The van der Waals surface area contributed by atoms with Crippen molar-refractivity contribution in [3.8, 4) is 0 Å². The number of esters is 7. The van der Waals surface area contributed by atoms with E-state index < -0.39 is 95.7 Å². The Morgan fingerprint density at radius 3 is 1.43 bits per heavy atom. The molecule has 2 unspecified atom stereocenters. The van der Waals surface area contributed by atoms with Crippen molar-refractivity contribution in [3.05, 3.63) is 0 Å². The molecule has 11 atom stereocenters. The van der Waals surface area contributed by atoms with Crippen LogP contribution in [0.25, 0.3) is 0 Å². The lowest BCUT2D eigenvalue weighted by Gasteiger charge is -2.45. The Hall–Kier alpha value is -3.79. The number of ether oxygens (including phenoxy) is 9. The number of rotatable bonds is 11. The zero-order chi connectivity index (χ0) is 38.4. The van der Waals surface area contributed by atoms with Gasteiger partial charge in [-0.2, -0.15) is 0 Å². The number of hydrogen-bond donors (Lipinski definition) is 0. The summed E-state index contributed by atoms with van der Waals surface area (Å²) in [5, 5.41) is 0. The highest BCUT2D eigenvalue weighted by Gasteiger charge is 2.58. The molecule has 16 heteroatoms. The van der Waals surface area contributed by atoms with Gasteiger partial charge in [0.15, 0.2) is 17.8 Å². The SMILES string of the molecule is CC[C@@H](OC(C)=O)[C@@H](OC(C)=O)C1OC(C)(C)C[C@H]2OC(=O)C[C@@H]12.CC[C@@H](OC(C)=O)[C@@H](OC(C)=O)C1O[C@@](C)(C(=O)OC)C[C@H]2OC(=O)C[C@@H]12. The molecule has 4 saturated heterocycles. The average molecular weight is 729 g/mol. The van der Waals surface area contributed by atoms with Crippen LogP contribution < -0.4 is 0 Å². The van der Waals surface area contributed by atoms with Crippen LogP contribution in [-0.4, -0.2) is 109 Å². The summed E-state index contributed by atoms with van der Waals surface area (Å²) in [5.74, 6) is -4.07. The van der Waals surface area contributed by atoms with Crippen LogP contribution in [0.3, 0.4) is 0 Å². The van der Waals surface area contributed by atoms with Crippen LogP contribution in [0.1, 0.15) is 101 Å². The van der Waals surface area contributed by atoms with Crippen molar-refractivity contribution in [1.82, 2.24) is 0 Å². The fourth-order valence-electron chi connectivity index (χ4n) is 7.36. The van der Waals surface area contributed by atoms with Gasteiger partial charge in [-0.1, -0.05) is 13.8 Å². The van der Waals surface area contributed by atoms with E-state index in [0.29, 0.717) is 19.3 Å². The quantitative estimate of drug-likeness (QED) is 0.222. The first-order valence-corrected chi connectivity index (χ1v) is 17.3. The van der Waals surface area contributed by atoms with Crippen LogP contribution in [0, 0.1) is 11.8 Å². The lowest BCUT2D eigenvalue weighted by molar-refractivity contribution is -0.235. The monoisotopic (exact) mass is 728 g/mol. The average Bonchev–Trinajstić information content (AvgIpc) is 3.58. The maximum atomic E-state index is 12.3. The van der Waals surface area contributed by atoms with Gasteiger partial charge in [0.25, 0.3) is 0 Å². The molecular formula is C35H52O16. The second-order valence-corrected chi connectivity index (χ2v) is 14.1. The van der Waals surface area contributed by atoms with Crippen molar-refractivity contribution in [1.29, 1.82) is 0 Å². The number of carbonyl (C=O) groups excluding carboxylic acids is 7. The molecule has 4 aliphatic heterocycles. The van der Waals surface area contributed by atoms with Crippen LogP contribution in [0.4, 0.5) is 0 Å². The summed E-state index contributed by atoms with van der Waals surface area (Å²) in [5.41, 5.74) is -1.93. The molecule has 0 spiro atoms. The lowest BCUT2D eigenvalue weighted by Crippen LogP contribution is -2.59. The minimum atomic E-state index is -1.39. The Morgan fingerprint density at radius 2 is 1.06 bits per heavy atom. The third kappa shape index (κ3) is 10.6. The third-order valence-electron chi connectivity index (χ3n) is 9.35. The molecule has 0 aromatic rings. The van der Waals surface area contributed by atoms with Crippen molar-refractivity contribution >= 4 is 41.8 Å². The molecule has 4 rings (SSSR count). The Morgan fingerprint density at radius 1 is 0.667 bits per heavy atom. The third-order valence-corrected chi connectivity index (χ3v) is 9.35. The highest BCUT2D eigenvalue weighted by atomic mass is 16.6. The zero-order valence-corrected chi connectivity index (χ0v) is 31.0. The largest absolute Gasteiger partial charge is 0.467 e. The normalized spacial score (nSPS) is 31.3. The van der Waals surface area contributed by atoms with Crippen molar-refractivity contribution in [2.24, 2.45) is 11.8 Å². The molecular weight excluding hydrogens is 676 g/mol. The molecule has 0 saturated carbocycles. The van der Waals surface area contributed by atoms with Crippen LogP contribution >= 0.6 is 0 Å².